The lowest BCUT2D eigenvalue weighted by molar-refractivity contribution is 0.286. The molecule has 43 heavy (non-hydrogen) atoms. The summed E-state index contributed by atoms with van der Waals surface area (Å²) in [6, 6.07) is 25.0. The molecule has 0 radical (unpaired) electrons. The van der Waals surface area contributed by atoms with Crippen LogP contribution in [0.3, 0.4) is 0 Å². The molecule has 0 saturated heterocycles. The van der Waals surface area contributed by atoms with Crippen LogP contribution < -0.4 is 24.3 Å². The Morgan fingerprint density at radius 1 is 0.884 bits per heavy atom. The summed E-state index contributed by atoms with van der Waals surface area (Å²) >= 11 is 0. The largest absolute Gasteiger partial charge is 0.493 e. The number of hydrogen-bond donors (Lipinski definition) is 1. The minimum atomic E-state index is -0.0696. The molecule has 0 amide bonds. The van der Waals surface area contributed by atoms with Gasteiger partial charge in [0.25, 0.3) is 0 Å². The molecule has 8 nitrogen and oxygen atoms in total. The van der Waals surface area contributed by atoms with E-state index in [1.807, 2.05) is 18.2 Å². The minimum Gasteiger partial charge on any atom is -0.493 e. The quantitative estimate of drug-likeness (QED) is 0.0803. The van der Waals surface area contributed by atoms with E-state index in [0.717, 1.165) is 42.6 Å². The predicted octanol–water partition coefficient (Wildman–Crippen LogP) is 6.08. The number of nitrogens with one attached hydrogen (secondary N) is 1. The molecule has 1 unspecified atom stereocenters. The maximum absolute atomic E-state index is 9.74. The Hall–Kier alpha value is -4.90. The summed E-state index contributed by atoms with van der Waals surface area (Å²) in [4.78, 5) is 7.16. The Morgan fingerprint density at radius 3 is 2.37 bits per heavy atom. The van der Waals surface area contributed by atoms with Crippen LogP contribution in [-0.4, -0.2) is 52.4 Å². The van der Waals surface area contributed by atoms with E-state index < -0.39 is 0 Å². The fourth-order valence-electron chi connectivity index (χ4n) is 5.94. The second-order valence-electron chi connectivity index (χ2n) is 10.4. The van der Waals surface area contributed by atoms with Gasteiger partial charge in [0.1, 0.15) is 0 Å². The average Bonchev–Trinajstić information content (AvgIpc) is 3.05. The zero-order chi connectivity index (χ0) is 30.2. The molecule has 0 aromatic heterocycles. The Balaban J connectivity index is 1.46. The van der Waals surface area contributed by atoms with Gasteiger partial charge in [0.15, 0.2) is 29.2 Å². The Bertz CT molecular complexity index is 1640. The van der Waals surface area contributed by atoms with Crippen molar-refractivity contribution < 1.29 is 18.9 Å². The second-order valence-corrected chi connectivity index (χ2v) is 10.4. The number of fused-ring (bicyclic) bond motifs is 2. The molecule has 0 fully saturated rings. The Labute approximate surface area is 253 Å². The van der Waals surface area contributed by atoms with E-state index in [9.17, 15) is 5.26 Å². The van der Waals surface area contributed by atoms with Crippen LogP contribution in [0.5, 0.6) is 23.0 Å². The standard InChI is InChI=1S/C35H38N4O4/c1-40-31-15-14-24(19-32(31)41-2)9-8-17-37-35(38-23-36)39-18-16-27-21-33(42-3)34(43-4)22-29(27)30(39)20-26-12-7-11-25-10-5-6-13-28(25)26/h5-7,10-15,19,21-22,30H,8-9,16-18,20H2,1-4H3,(H,37,38). The summed E-state index contributed by atoms with van der Waals surface area (Å²) in [6.07, 6.45) is 5.30. The minimum absolute atomic E-state index is 0.0696. The van der Waals surface area contributed by atoms with Gasteiger partial charge < -0.3 is 23.8 Å². The fraction of sp³-hybridized carbons (Fsp3) is 0.314. The molecule has 1 atom stereocenters. The molecule has 1 N–H and O–H groups in total. The SMILES string of the molecule is COc1ccc(CCCN=C(NC#N)N2CCc3cc(OC)c(OC)cc3C2Cc2cccc3ccccc23)cc1OC. The van der Waals surface area contributed by atoms with Crippen molar-refractivity contribution in [2.24, 2.45) is 4.99 Å². The van der Waals surface area contributed by atoms with Crippen LogP contribution in [0.2, 0.25) is 0 Å². The van der Waals surface area contributed by atoms with Crippen LogP contribution in [-0.2, 0) is 19.3 Å². The van der Waals surface area contributed by atoms with Gasteiger partial charge in [-0.15, -0.1) is 0 Å². The van der Waals surface area contributed by atoms with E-state index in [0.29, 0.717) is 36.3 Å². The molecule has 0 bridgehead atoms. The lowest BCUT2D eigenvalue weighted by Gasteiger charge is -2.39. The van der Waals surface area contributed by atoms with E-state index in [1.165, 1.54) is 21.9 Å². The highest BCUT2D eigenvalue weighted by Crippen LogP contribution is 2.40. The number of aliphatic imine (C=N–C) groups is 1. The number of nitriles is 1. The molecule has 1 aliphatic heterocycles. The zero-order valence-corrected chi connectivity index (χ0v) is 25.2. The number of ether oxygens (including phenoxy) is 4. The third-order valence-corrected chi connectivity index (χ3v) is 8.07. The van der Waals surface area contributed by atoms with Crippen LogP contribution in [0.25, 0.3) is 10.8 Å². The predicted molar refractivity (Wildman–Crippen MR) is 169 cm³/mol. The molecule has 0 spiro atoms. The maximum Gasteiger partial charge on any atom is 0.207 e. The van der Waals surface area contributed by atoms with Crippen molar-refractivity contribution in [1.82, 2.24) is 10.2 Å². The van der Waals surface area contributed by atoms with E-state index >= 15 is 0 Å². The van der Waals surface area contributed by atoms with Crippen molar-refractivity contribution in [3.63, 3.8) is 0 Å². The van der Waals surface area contributed by atoms with E-state index in [4.69, 9.17) is 23.9 Å². The van der Waals surface area contributed by atoms with Crippen LogP contribution >= 0.6 is 0 Å². The van der Waals surface area contributed by atoms with Crippen molar-refractivity contribution >= 4 is 16.7 Å². The molecule has 222 valence electrons. The lowest BCUT2D eigenvalue weighted by atomic mass is 9.87. The smallest absolute Gasteiger partial charge is 0.207 e. The first-order valence-corrected chi connectivity index (χ1v) is 14.5. The summed E-state index contributed by atoms with van der Waals surface area (Å²) in [5.74, 6) is 3.42. The van der Waals surface area contributed by atoms with Gasteiger partial charge in [-0.2, -0.15) is 5.26 Å². The number of hydrogen-bond acceptors (Lipinski definition) is 6. The van der Waals surface area contributed by atoms with Crippen molar-refractivity contribution in [3.8, 4) is 29.2 Å². The Kier molecular flexibility index (Phi) is 9.52. The van der Waals surface area contributed by atoms with Gasteiger partial charge in [-0.25, -0.2) is 0 Å². The number of guanidine groups is 1. The third-order valence-electron chi connectivity index (χ3n) is 8.07. The monoisotopic (exact) mass is 578 g/mol. The van der Waals surface area contributed by atoms with Crippen molar-refractivity contribution in [1.29, 1.82) is 5.26 Å². The number of benzene rings is 4. The molecule has 4 aromatic carbocycles. The highest BCUT2D eigenvalue weighted by atomic mass is 16.5. The number of rotatable bonds is 10. The van der Waals surface area contributed by atoms with Gasteiger partial charge in [0.05, 0.1) is 34.5 Å². The fourth-order valence-corrected chi connectivity index (χ4v) is 5.94. The average molecular weight is 579 g/mol. The molecule has 1 heterocycles. The van der Waals surface area contributed by atoms with Crippen LogP contribution in [0.4, 0.5) is 0 Å². The molecule has 5 rings (SSSR count). The lowest BCUT2D eigenvalue weighted by Crippen LogP contribution is -2.46. The van der Waals surface area contributed by atoms with Gasteiger partial charge >= 0.3 is 0 Å². The first kappa shape index (κ1) is 29.6. The molecule has 8 heteroatoms. The topological polar surface area (TPSA) is 88.3 Å². The molecule has 0 aliphatic carbocycles. The van der Waals surface area contributed by atoms with Gasteiger partial charge in [0.2, 0.25) is 5.96 Å². The molecular formula is C35H38N4O4. The molecule has 4 aromatic rings. The van der Waals surface area contributed by atoms with Gasteiger partial charge in [-0.1, -0.05) is 48.5 Å². The van der Waals surface area contributed by atoms with Crippen LogP contribution in [0, 0.1) is 11.5 Å². The molecular weight excluding hydrogens is 540 g/mol. The van der Waals surface area contributed by atoms with Crippen molar-refractivity contribution in [2.45, 2.75) is 31.7 Å². The Morgan fingerprint density at radius 2 is 1.60 bits per heavy atom. The number of aryl methyl sites for hydroxylation is 1. The summed E-state index contributed by atoms with van der Waals surface area (Å²) < 4.78 is 22.2. The molecule has 0 saturated carbocycles. The summed E-state index contributed by atoms with van der Waals surface area (Å²) in [5.41, 5.74) is 4.74. The second kappa shape index (κ2) is 13.8. The normalized spacial score (nSPS) is 14.5. The van der Waals surface area contributed by atoms with Gasteiger partial charge in [-0.3, -0.25) is 10.3 Å². The third kappa shape index (κ3) is 6.46. The first-order valence-electron chi connectivity index (χ1n) is 14.5. The van der Waals surface area contributed by atoms with Gasteiger partial charge in [0, 0.05) is 13.1 Å². The highest BCUT2D eigenvalue weighted by molar-refractivity contribution is 5.86. The van der Waals surface area contributed by atoms with E-state index in [-0.39, 0.29) is 6.04 Å². The van der Waals surface area contributed by atoms with E-state index in [2.05, 4.69) is 71.0 Å². The zero-order valence-electron chi connectivity index (χ0n) is 25.2. The molecule has 1 aliphatic rings. The van der Waals surface area contributed by atoms with Crippen LogP contribution in [0.15, 0.2) is 77.8 Å². The van der Waals surface area contributed by atoms with E-state index in [1.54, 1.807) is 28.4 Å². The van der Waals surface area contributed by atoms with Gasteiger partial charge in [-0.05, 0) is 83.0 Å². The summed E-state index contributed by atoms with van der Waals surface area (Å²) in [7, 11) is 6.60. The first-order chi connectivity index (χ1) is 21.1. The maximum atomic E-state index is 9.74. The highest BCUT2D eigenvalue weighted by Gasteiger charge is 2.32. The van der Waals surface area contributed by atoms with Crippen molar-refractivity contribution in [2.75, 3.05) is 41.5 Å². The number of methoxy groups -OCH3 is 4. The summed E-state index contributed by atoms with van der Waals surface area (Å²) in [6.45, 7) is 1.27. The number of nitrogens with zero attached hydrogens (tertiary/aromatic N) is 3. The van der Waals surface area contributed by atoms with Crippen LogP contribution in [0.1, 0.15) is 34.7 Å². The van der Waals surface area contributed by atoms with Crippen molar-refractivity contribution in [3.05, 3.63) is 95.1 Å². The summed E-state index contributed by atoms with van der Waals surface area (Å²) in [5, 5.41) is 15.1.